The average molecular weight is 366 g/mol. The summed E-state index contributed by atoms with van der Waals surface area (Å²) >= 11 is 0. The quantitative estimate of drug-likeness (QED) is 0.714. The fourth-order valence-corrected chi connectivity index (χ4v) is 4.04. The first-order valence-electron chi connectivity index (χ1n) is 9.55. The minimum absolute atomic E-state index is 0.0201. The number of fused-ring (bicyclic) bond motifs is 1. The Kier molecular flexibility index (Phi) is 3.70. The van der Waals surface area contributed by atoms with Gasteiger partial charge >= 0.3 is 5.69 Å². The minimum atomic E-state index is -0.0646. The SMILES string of the molecule is Cn1nc(C2CCN(C(=O)c3cc4ccccc4o3)CC2)n(C2CC2)c1=O. The molecule has 1 aliphatic carbocycles. The molecule has 2 fully saturated rings. The maximum atomic E-state index is 12.8. The zero-order valence-corrected chi connectivity index (χ0v) is 15.3. The van der Waals surface area contributed by atoms with E-state index in [1.165, 1.54) is 4.68 Å². The largest absolute Gasteiger partial charge is 0.451 e. The van der Waals surface area contributed by atoms with Crippen LogP contribution in [0.2, 0.25) is 0 Å². The van der Waals surface area contributed by atoms with Gasteiger partial charge in [-0.2, -0.15) is 5.10 Å². The molecule has 0 radical (unpaired) electrons. The molecule has 1 aliphatic heterocycles. The van der Waals surface area contributed by atoms with E-state index in [9.17, 15) is 9.59 Å². The highest BCUT2D eigenvalue weighted by Crippen LogP contribution is 2.37. The van der Waals surface area contributed by atoms with Crippen LogP contribution < -0.4 is 5.69 Å². The molecule has 0 atom stereocenters. The first kappa shape index (κ1) is 16.4. The van der Waals surface area contributed by atoms with E-state index in [0.717, 1.165) is 42.5 Å². The third-order valence-corrected chi connectivity index (χ3v) is 5.68. The van der Waals surface area contributed by atoms with Crippen molar-refractivity contribution in [1.82, 2.24) is 19.2 Å². The van der Waals surface area contributed by atoms with Crippen LogP contribution in [0.1, 0.15) is 54.0 Å². The predicted molar refractivity (Wildman–Crippen MR) is 99.8 cm³/mol. The van der Waals surface area contributed by atoms with E-state index < -0.39 is 0 Å². The highest BCUT2D eigenvalue weighted by Gasteiger charge is 2.34. The summed E-state index contributed by atoms with van der Waals surface area (Å²) in [5.74, 6) is 1.44. The lowest BCUT2D eigenvalue weighted by atomic mass is 9.95. The van der Waals surface area contributed by atoms with Crippen molar-refractivity contribution in [2.24, 2.45) is 7.05 Å². The number of benzene rings is 1. The molecule has 5 rings (SSSR count). The molecule has 1 saturated carbocycles. The number of likely N-dealkylation sites (tertiary alicyclic amines) is 1. The van der Waals surface area contributed by atoms with Crippen molar-refractivity contribution in [2.75, 3.05) is 13.1 Å². The highest BCUT2D eigenvalue weighted by molar-refractivity contribution is 5.96. The third-order valence-electron chi connectivity index (χ3n) is 5.68. The van der Waals surface area contributed by atoms with Crippen LogP contribution in [0.25, 0.3) is 11.0 Å². The van der Waals surface area contributed by atoms with Crippen molar-refractivity contribution in [3.63, 3.8) is 0 Å². The van der Waals surface area contributed by atoms with Gasteiger partial charge in [0, 0.05) is 37.5 Å². The molecule has 1 amide bonds. The molecule has 0 spiro atoms. The summed E-state index contributed by atoms with van der Waals surface area (Å²) in [5, 5.41) is 5.44. The van der Waals surface area contributed by atoms with Crippen LogP contribution in [-0.4, -0.2) is 38.2 Å². The molecule has 3 aromatic rings. The summed E-state index contributed by atoms with van der Waals surface area (Å²) in [6.45, 7) is 1.30. The molecule has 0 unspecified atom stereocenters. The number of aryl methyl sites for hydroxylation is 1. The van der Waals surface area contributed by atoms with Crippen molar-refractivity contribution in [1.29, 1.82) is 0 Å². The van der Waals surface area contributed by atoms with E-state index in [2.05, 4.69) is 5.10 Å². The monoisotopic (exact) mass is 366 g/mol. The minimum Gasteiger partial charge on any atom is -0.451 e. The molecular formula is C20H22N4O3. The van der Waals surface area contributed by atoms with Crippen LogP contribution in [0.5, 0.6) is 0 Å². The van der Waals surface area contributed by atoms with Gasteiger partial charge in [0.15, 0.2) is 5.76 Å². The maximum absolute atomic E-state index is 12.8. The standard InChI is InChI=1S/C20H22N4O3/c1-22-20(26)24(15-6-7-15)18(21-22)13-8-10-23(11-9-13)19(25)17-12-14-4-2-3-5-16(14)27-17/h2-5,12-13,15H,6-11H2,1H3. The van der Waals surface area contributed by atoms with E-state index in [1.807, 2.05) is 39.8 Å². The van der Waals surface area contributed by atoms with Gasteiger partial charge in [-0.15, -0.1) is 0 Å². The number of rotatable bonds is 3. The van der Waals surface area contributed by atoms with E-state index in [1.54, 1.807) is 7.05 Å². The van der Waals surface area contributed by atoms with Gasteiger partial charge in [0.05, 0.1) is 0 Å². The average Bonchev–Trinajstić information content (AvgIpc) is 3.35. The van der Waals surface area contributed by atoms with Gasteiger partial charge in [0.1, 0.15) is 11.4 Å². The molecule has 2 aliphatic rings. The number of carbonyl (C=O) groups is 1. The number of carbonyl (C=O) groups excluding carboxylic acids is 1. The Bertz CT molecular complexity index is 1030. The number of amides is 1. The third kappa shape index (κ3) is 2.78. The number of hydrogen-bond acceptors (Lipinski definition) is 4. The Labute approximate surface area is 156 Å². The van der Waals surface area contributed by atoms with Crippen LogP contribution in [0, 0.1) is 0 Å². The Hall–Kier alpha value is -2.83. The van der Waals surface area contributed by atoms with Crippen LogP contribution in [-0.2, 0) is 7.05 Å². The second-order valence-corrected chi connectivity index (χ2v) is 7.58. The van der Waals surface area contributed by atoms with E-state index in [0.29, 0.717) is 24.9 Å². The van der Waals surface area contributed by atoms with Gasteiger partial charge in [-0.1, -0.05) is 18.2 Å². The first-order chi connectivity index (χ1) is 13.1. The summed E-state index contributed by atoms with van der Waals surface area (Å²) < 4.78 is 9.04. The molecule has 7 nitrogen and oxygen atoms in total. The van der Waals surface area contributed by atoms with Crippen LogP contribution in [0.15, 0.2) is 39.5 Å². The second kappa shape index (κ2) is 6.11. The van der Waals surface area contributed by atoms with Crippen molar-refractivity contribution in [2.45, 2.75) is 37.6 Å². The number of hydrogen-bond donors (Lipinski definition) is 0. The molecular weight excluding hydrogens is 344 g/mol. The first-order valence-corrected chi connectivity index (χ1v) is 9.55. The van der Waals surface area contributed by atoms with Crippen molar-refractivity contribution >= 4 is 16.9 Å². The molecule has 1 aromatic carbocycles. The van der Waals surface area contributed by atoms with Crippen LogP contribution in [0.3, 0.4) is 0 Å². The molecule has 140 valence electrons. The molecule has 27 heavy (non-hydrogen) atoms. The molecule has 7 heteroatoms. The van der Waals surface area contributed by atoms with Gasteiger partial charge in [-0.05, 0) is 37.8 Å². The zero-order chi connectivity index (χ0) is 18.5. The van der Waals surface area contributed by atoms with Gasteiger partial charge in [0.25, 0.3) is 5.91 Å². The number of piperidine rings is 1. The lowest BCUT2D eigenvalue weighted by molar-refractivity contribution is 0.0680. The molecule has 3 heterocycles. The van der Waals surface area contributed by atoms with Crippen LogP contribution in [0.4, 0.5) is 0 Å². The lowest BCUT2D eigenvalue weighted by Crippen LogP contribution is -2.38. The normalized spacial score (nSPS) is 18.3. The summed E-state index contributed by atoms with van der Waals surface area (Å²) in [6, 6.07) is 9.78. The van der Waals surface area contributed by atoms with Crippen molar-refractivity contribution in [3.8, 4) is 0 Å². The summed E-state index contributed by atoms with van der Waals surface area (Å²) in [5.41, 5.74) is 0.714. The van der Waals surface area contributed by atoms with E-state index in [4.69, 9.17) is 4.42 Å². The van der Waals surface area contributed by atoms with E-state index in [-0.39, 0.29) is 17.5 Å². The Morgan fingerprint density at radius 2 is 1.89 bits per heavy atom. The smallest absolute Gasteiger partial charge is 0.345 e. The fraction of sp³-hybridized carbons (Fsp3) is 0.450. The lowest BCUT2D eigenvalue weighted by Gasteiger charge is -2.31. The van der Waals surface area contributed by atoms with Gasteiger partial charge < -0.3 is 9.32 Å². The maximum Gasteiger partial charge on any atom is 0.345 e. The van der Waals surface area contributed by atoms with Crippen molar-refractivity contribution in [3.05, 3.63) is 52.4 Å². The summed E-state index contributed by atoms with van der Waals surface area (Å²) in [4.78, 5) is 27.0. The molecule has 0 N–H and O–H groups in total. The predicted octanol–water partition coefficient (Wildman–Crippen LogP) is 2.68. The number of aromatic nitrogens is 3. The van der Waals surface area contributed by atoms with Gasteiger partial charge in [-0.3, -0.25) is 9.36 Å². The molecule has 1 saturated heterocycles. The second-order valence-electron chi connectivity index (χ2n) is 7.58. The van der Waals surface area contributed by atoms with Gasteiger partial charge in [0.2, 0.25) is 0 Å². The zero-order valence-electron chi connectivity index (χ0n) is 15.3. The highest BCUT2D eigenvalue weighted by atomic mass is 16.3. The molecule has 2 aromatic heterocycles. The van der Waals surface area contributed by atoms with Crippen LogP contribution >= 0.6 is 0 Å². The topological polar surface area (TPSA) is 73.3 Å². The Morgan fingerprint density at radius 1 is 1.15 bits per heavy atom. The Balaban J connectivity index is 1.32. The van der Waals surface area contributed by atoms with Crippen molar-refractivity contribution < 1.29 is 9.21 Å². The van der Waals surface area contributed by atoms with Gasteiger partial charge in [-0.25, -0.2) is 9.48 Å². The summed E-state index contributed by atoms with van der Waals surface area (Å²) in [6.07, 6.45) is 3.74. The Morgan fingerprint density at radius 3 is 2.59 bits per heavy atom. The number of nitrogens with zero attached hydrogens (tertiary/aromatic N) is 4. The fourth-order valence-electron chi connectivity index (χ4n) is 4.04. The number of para-hydroxylation sites is 1. The summed E-state index contributed by atoms with van der Waals surface area (Å²) in [7, 11) is 1.71. The van der Waals surface area contributed by atoms with E-state index >= 15 is 0 Å². The molecule has 0 bridgehead atoms. The number of furan rings is 1.